The van der Waals surface area contributed by atoms with Crippen LogP contribution in [0.2, 0.25) is 0 Å². The molecule has 0 spiro atoms. The lowest BCUT2D eigenvalue weighted by atomic mass is 10.1. The summed E-state index contributed by atoms with van der Waals surface area (Å²) in [6.07, 6.45) is 3.27. The number of nitrogens with zero attached hydrogens (tertiary/aromatic N) is 2. The Labute approximate surface area is 141 Å². The van der Waals surface area contributed by atoms with Crippen molar-refractivity contribution in [2.45, 2.75) is 31.3 Å². The first-order chi connectivity index (χ1) is 10.8. The smallest absolute Gasteiger partial charge is 0.272 e. The van der Waals surface area contributed by atoms with Gasteiger partial charge in [0.05, 0.1) is 5.69 Å². The molecule has 4 rings (SSSR count). The number of benzene rings is 1. The Morgan fingerprint density at radius 1 is 1.13 bits per heavy atom. The minimum absolute atomic E-state index is 0. The summed E-state index contributed by atoms with van der Waals surface area (Å²) in [6, 6.07) is 12.5. The lowest BCUT2D eigenvalue weighted by Crippen LogP contribution is -2.42. The van der Waals surface area contributed by atoms with Gasteiger partial charge in [0.1, 0.15) is 5.69 Å². The Morgan fingerprint density at radius 3 is 2.74 bits per heavy atom. The number of aromatic nitrogens is 2. The van der Waals surface area contributed by atoms with E-state index in [0.717, 1.165) is 43.6 Å². The molecule has 122 valence electrons. The van der Waals surface area contributed by atoms with Gasteiger partial charge in [-0.25, -0.2) is 0 Å². The highest BCUT2D eigenvalue weighted by Crippen LogP contribution is 2.29. The number of carbonyl (C=O) groups excluding carboxylic acids is 1. The summed E-state index contributed by atoms with van der Waals surface area (Å²) in [7, 11) is 0. The Morgan fingerprint density at radius 2 is 1.91 bits per heavy atom. The molecule has 5 nitrogen and oxygen atoms in total. The summed E-state index contributed by atoms with van der Waals surface area (Å²) in [5.74, 6) is 0.0888. The summed E-state index contributed by atoms with van der Waals surface area (Å²) in [6.45, 7) is 1.91. The van der Waals surface area contributed by atoms with E-state index in [-0.39, 0.29) is 18.3 Å². The maximum Gasteiger partial charge on any atom is 0.272 e. The van der Waals surface area contributed by atoms with Gasteiger partial charge in [0.2, 0.25) is 0 Å². The number of nitrogens with one attached hydrogen (secondary N) is 2. The second-order valence-electron chi connectivity index (χ2n) is 6.12. The van der Waals surface area contributed by atoms with Crippen LogP contribution in [0.3, 0.4) is 0 Å². The summed E-state index contributed by atoms with van der Waals surface area (Å²) in [4.78, 5) is 15.0. The van der Waals surface area contributed by atoms with Gasteiger partial charge in [-0.2, -0.15) is 5.10 Å². The molecule has 3 heterocycles. The topological polar surface area (TPSA) is 61.0 Å². The lowest BCUT2D eigenvalue weighted by molar-refractivity contribution is 0.0674. The molecule has 2 aliphatic heterocycles. The van der Waals surface area contributed by atoms with Gasteiger partial charge in [0.15, 0.2) is 0 Å². The minimum atomic E-state index is 0. The third-order valence-corrected chi connectivity index (χ3v) is 4.77. The Bertz CT molecular complexity index is 658. The molecule has 2 atom stereocenters. The van der Waals surface area contributed by atoms with E-state index in [9.17, 15) is 4.79 Å². The van der Waals surface area contributed by atoms with Crippen molar-refractivity contribution in [2.75, 3.05) is 13.1 Å². The van der Waals surface area contributed by atoms with Crippen molar-refractivity contribution in [1.29, 1.82) is 0 Å². The number of rotatable bonds is 2. The monoisotopic (exact) mass is 332 g/mol. The number of hydrogen-bond donors (Lipinski definition) is 2. The number of fused-ring (bicyclic) bond motifs is 2. The van der Waals surface area contributed by atoms with Gasteiger partial charge in [-0.05, 0) is 31.9 Å². The Kier molecular flexibility index (Phi) is 4.68. The molecule has 0 saturated carbocycles. The van der Waals surface area contributed by atoms with Crippen LogP contribution in [0.4, 0.5) is 0 Å². The van der Waals surface area contributed by atoms with E-state index in [2.05, 4.69) is 20.4 Å². The van der Waals surface area contributed by atoms with Gasteiger partial charge in [-0.3, -0.25) is 9.89 Å². The van der Waals surface area contributed by atoms with E-state index in [1.807, 2.05) is 36.4 Å². The van der Waals surface area contributed by atoms with Crippen LogP contribution in [-0.2, 0) is 0 Å². The minimum Gasteiger partial charge on any atom is -0.330 e. The number of H-pyrrole nitrogens is 1. The highest BCUT2D eigenvalue weighted by Gasteiger charge is 2.38. The van der Waals surface area contributed by atoms with Crippen LogP contribution in [0, 0.1) is 0 Å². The van der Waals surface area contributed by atoms with Crippen molar-refractivity contribution in [2.24, 2.45) is 0 Å². The molecule has 6 heteroatoms. The van der Waals surface area contributed by atoms with Gasteiger partial charge in [-0.1, -0.05) is 30.3 Å². The van der Waals surface area contributed by atoms with Crippen molar-refractivity contribution in [3.05, 3.63) is 42.1 Å². The van der Waals surface area contributed by atoms with Gasteiger partial charge < -0.3 is 10.2 Å². The van der Waals surface area contributed by atoms with Crippen molar-refractivity contribution >= 4 is 18.3 Å². The van der Waals surface area contributed by atoms with Crippen molar-refractivity contribution < 1.29 is 4.79 Å². The highest BCUT2D eigenvalue weighted by atomic mass is 35.5. The van der Waals surface area contributed by atoms with Gasteiger partial charge in [0.25, 0.3) is 5.91 Å². The zero-order valence-corrected chi connectivity index (χ0v) is 13.7. The van der Waals surface area contributed by atoms with E-state index in [1.165, 1.54) is 0 Å². The summed E-state index contributed by atoms with van der Waals surface area (Å²) in [5.41, 5.74) is 2.44. The normalized spacial score (nSPS) is 23.2. The fourth-order valence-corrected chi connectivity index (χ4v) is 3.64. The van der Waals surface area contributed by atoms with Crippen molar-refractivity contribution in [3.8, 4) is 11.3 Å². The van der Waals surface area contributed by atoms with E-state index in [4.69, 9.17) is 0 Å². The first-order valence-corrected chi connectivity index (χ1v) is 7.97. The van der Waals surface area contributed by atoms with Crippen molar-refractivity contribution in [1.82, 2.24) is 20.4 Å². The first-order valence-electron chi connectivity index (χ1n) is 7.97. The van der Waals surface area contributed by atoms with Crippen LogP contribution in [-0.4, -0.2) is 46.2 Å². The quantitative estimate of drug-likeness (QED) is 0.888. The van der Waals surface area contributed by atoms with E-state index < -0.39 is 0 Å². The molecule has 2 N–H and O–H groups in total. The van der Waals surface area contributed by atoms with E-state index in [1.54, 1.807) is 0 Å². The van der Waals surface area contributed by atoms with Gasteiger partial charge in [-0.15, -0.1) is 12.4 Å². The second-order valence-corrected chi connectivity index (χ2v) is 6.12. The van der Waals surface area contributed by atoms with Crippen LogP contribution < -0.4 is 5.32 Å². The Hall–Kier alpha value is -1.85. The molecule has 2 saturated heterocycles. The molecule has 0 radical (unpaired) electrons. The van der Waals surface area contributed by atoms with E-state index >= 15 is 0 Å². The van der Waals surface area contributed by atoms with E-state index in [0.29, 0.717) is 17.8 Å². The molecule has 1 aromatic carbocycles. The van der Waals surface area contributed by atoms with Crippen LogP contribution in [0.15, 0.2) is 36.4 Å². The average Bonchev–Trinajstić information content (AvgIpc) is 3.12. The van der Waals surface area contributed by atoms with Crippen LogP contribution in [0.5, 0.6) is 0 Å². The zero-order chi connectivity index (χ0) is 14.9. The number of hydrogen-bond acceptors (Lipinski definition) is 3. The Balaban J connectivity index is 0.00000156. The van der Waals surface area contributed by atoms with Crippen LogP contribution >= 0.6 is 12.4 Å². The maximum atomic E-state index is 12.9. The molecule has 1 amide bonds. The molecular weight excluding hydrogens is 312 g/mol. The number of aromatic amines is 1. The zero-order valence-electron chi connectivity index (χ0n) is 12.9. The lowest BCUT2D eigenvalue weighted by Gasteiger charge is -2.27. The molecule has 2 aromatic rings. The molecule has 0 aliphatic carbocycles. The standard InChI is InChI=1S/C17H20N4O.ClH/c22-17(21-13-6-7-14(21)11-18-9-8-13)16-10-15(19-20-16)12-4-2-1-3-5-12;/h1-5,10,13-14,18H,6-9,11H2,(H,19,20);1H. The fraction of sp³-hybridized carbons (Fsp3) is 0.412. The summed E-state index contributed by atoms with van der Waals surface area (Å²) in [5, 5.41) is 10.7. The molecule has 2 unspecified atom stereocenters. The number of carbonyl (C=O) groups is 1. The summed E-state index contributed by atoms with van der Waals surface area (Å²) < 4.78 is 0. The van der Waals surface area contributed by atoms with Crippen LogP contribution in [0.25, 0.3) is 11.3 Å². The third-order valence-electron chi connectivity index (χ3n) is 4.77. The first kappa shape index (κ1) is 16.0. The maximum absolute atomic E-state index is 12.9. The van der Waals surface area contributed by atoms with Crippen LogP contribution in [0.1, 0.15) is 29.8 Å². The average molecular weight is 333 g/mol. The third kappa shape index (κ3) is 2.99. The van der Waals surface area contributed by atoms with Crippen molar-refractivity contribution in [3.63, 3.8) is 0 Å². The van der Waals surface area contributed by atoms with Gasteiger partial charge in [0, 0.05) is 24.2 Å². The predicted octanol–water partition coefficient (Wildman–Crippen LogP) is 2.46. The van der Waals surface area contributed by atoms with Gasteiger partial charge >= 0.3 is 0 Å². The largest absolute Gasteiger partial charge is 0.330 e. The molecule has 23 heavy (non-hydrogen) atoms. The second kappa shape index (κ2) is 6.72. The predicted molar refractivity (Wildman–Crippen MR) is 91.7 cm³/mol. The fourth-order valence-electron chi connectivity index (χ4n) is 3.64. The number of halogens is 1. The molecule has 2 fully saturated rings. The molecule has 2 bridgehead atoms. The molecule has 1 aromatic heterocycles. The highest BCUT2D eigenvalue weighted by molar-refractivity contribution is 5.94. The SMILES string of the molecule is Cl.O=C(c1cc(-c2ccccc2)n[nH]1)N1C2CCNCC1CC2. The molecular formula is C17H21ClN4O. The number of amides is 1. The summed E-state index contributed by atoms with van der Waals surface area (Å²) >= 11 is 0. The molecule has 2 aliphatic rings.